The van der Waals surface area contributed by atoms with Crippen LogP contribution in [0.1, 0.15) is 37.0 Å². The first-order valence-corrected chi connectivity index (χ1v) is 7.32. The van der Waals surface area contributed by atoms with Crippen LogP contribution < -0.4 is 16.0 Å². The number of nitrogens with zero attached hydrogens (tertiary/aromatic N) is 1. The van der Waals surface area contributed by atoms with Crippen LogP contribution in [0.25, 0.3) is 0 Å². The molecule has 1 amide bonds. The van der Waals surface area contributed by atoms with E-state index in [2.05, 4.69) is 4.98 Å². The van der Waals surface area contributed by atoms with Crippen molar-refractivity contribution in [2.45, 2.75) is 37.7 Å². The molecule has 6 nitrogen and oxygen atoms in total. The Balaban J connectivity index is 2.52. The highest BCUT2D eigenvalue weighted by atomic mass is 32.2. The Hall–Kier alpha value is -1.31. The number of aromatic nitrogens is 1. The molecule has 0 bridgehead atoms. The Morgan fingerprint density at radius 2 is 2.37 bits per heavy atom. The van der Waals surface area contributed by atoms with Crippen molar-refractivity contribution in [1.29, 1.82) is 0 Å². The third-order valence-corrected chi connectivity index (χ3v) is 4.19. The molecule has 0 saturated heterocycles. The number of rotatable bonds is 3. The van der Waals surface area contributed by atoms with Crippen molar-refractivity contribution in [1.82, 2.24) is 10.4 Å². The predicted octanol–water partition coefficient (Wildman–Crippen LogP) is 0.526. The molecule has 2 heterocycles. The average molecular weight is 283 g/mol. The molecular formula is C12H17N3O3S. The maximum absolute atomic E-state index is 12.0. The van der Waals surface area contributed by atoms with Gasteiger partial charge in [0.05, 0.1) is 5.69 Å². The number of hydrazine groups is 1. The highest BCUT2D eigenvalue weighted by Gasteiger charge is 2.35. The van der Waals surface area contributed by atoms with Gasteiger partial charge in [0.15, 0.2) is 10.6 Å². The number of ether oxygens (including phenoxy) is 1. The predicted molar refractivity (Wildman–Crippen MR) is 71.3 cm³/mol. The van der Waals surface area contributed by atoms with Crippen LogP contribution in [0.15, 0.2) is 11.0 Å². The van der Waals surface area contributed by atoms with Crippen molar-refractivity contribution in [2.24, 2.45) is 5.84 Å². The Bertz CT molecular complexity index is 519. The van der Waals surface area contributed by atoms with Gasteiger partial charge in [0.25, 0.3) is 5.91 Å². The lowest BCUT2D eigenvalue weighted by molar-refractivity contribution is 0.0945. The van der Waals surface area contributed by atoms with Gasteiger partial charge in [-0.3, -0.25) is 10.2 Å². The van der Waals surface area contributed by atoms with Gasteiger partial charge >= 0.3 is 0 Å². The first kappa shape index (κ1) is 14.1. The number of amides is 1. The first-order valence-electron chi connectivity index (χ1n) is 6.00. The summed E-state index contributed by atoms with van der Waals surface area (Å²) in [5.41, 5.74) is 2.48. The molecule has 0 spiro atoms. The van der Waals surface area contributed by atoms with E-state index >= 15 is 0 Å². The molecule has 2 rings (SSSR count). The number of nitrogen functional groups attached to an aromatic ring is 1. The first-order chi connectivity index (χ1) is 8.88. The van der Waals surface area contributed by atoms with Gasteiger partial charge in [0.1, 0.15) is 17.1 Å². The van der Waals surface area contributed by atoms with Crippen LogP contribution in [-0.2, 0) is 17.6 Å². The minimum absolute atomic E-state index is 0.114. The van der Waals surface area contributed by atoms with Crippen molar-refractivity contribution in [3.63, 3.8) is 0 Å². The lowest BCUT2D eigenvalue weighted by atomic mass is 10.1. The van der Waals surface area contributed by atoms with Crippen LogP contribution in [0.2, 0.25) is 0 Å². The van der Waals surface area contributed by atoms with E-state index in [1.54, 1.807) is 13.0 Å². The molecule has 1 aliphatic rings. The number of carbonyl (C=O) groups is 1. The van der Waals surface area contributed by atoms with Gasteiger partial charge in [0, 0.05) is 12.5 Å². The summed E-state index contributed by atoms with van der Waals surface area (Å²) in [6.07, 6.45) is 0.603. The maximum atomic E-state index is 12.0. The lowest BCUT2D eigenvalue weighted by Crippen LogP contribution is -2.32. The Morgan fingerprint density at radius 3 is 2.95 bits per heavy atom. The van der Waals surface area contributed by atoms with Crippen LogP contribution in [0.5, 0.6) is 5.75 Å². The number of hydrogen-bond donors (Lipinski definition) is 2. The molecule has 0 radical (unpaired) electrons. The van der Waals surface area contributed by atoms with E-state index in [4.69, 9.17) is 10.6 Å². The van der Waals surface area contributed by atoms with Gasteiger partial charge in [-0.25, -0.2) is 10.8 Å². The van der Waals surface area contributed by atoms with Crippen molar-refractivity contribution in [2.75, 3.05) is 5.75 Å². The van der Waals surface area contributed by atoms with Gasteiger partial charge in [-0.05, 0) is 31.9 Å². The Morgan fingerprint density at radius 1 is 1.68 bits per heavy atom. The molecule has 19 heavy (non-hydrogen) atoms. The molecule has 3 N–H and O–H groups in total. The molecule has 0 aliphatic carbocycles. The zero-order chi connectivity index (χ0) is 14.2. The fourth-order valence-electron chi connectivity index (χ4n) is 2.03. The summed E-state index contributed by atoms with van der Waals surface area (Å²) < 4.78 is 17.7. The number of hydrogen-bond acceptors (Lipinski definition) is 5. The summed E-state index contributed by atoms with van der Waals surface area (Å²) in [5, 5.41) is 0. The quantitative estimate of drug-likeness (QED) is 0.365. The highest BCUT2D eigenvalue weighted by molar-refractivity contribution is 7.91. The van der Waals surface area contributed by atoms with E-state index in [1.165, 1.54) is 0 Å². The molecule has 1 aliphatic heterocycles. The molecule has 104 valence electrons. The number of nitrogens with two attached hydrogens (primary N) is 1. The normalized spacial score (nSPS) is 17.5. The van der Waals surface area contributed by atoms with Gasteiger partial charge in [-0.15, -0.1) is 0 Å². The van der Waals surface area contributed by atoms with Crippen LogP contribution in [0.3, 0.4) is 0 Å². The maximum Gasteiger partial charge on any atom is 0.289 e. The number of nitrogens with one attached hydrogen (secondary N) is 1. The molecule has 7 heteroatoms. The van der Waals surface area contributed by atoms with E-state index in [-0.39, 0.29) is 11.3 Å². The van der Waals surface area contributed by atoms with Crippen molar-refractivity contribution < 1.29 is 14.1 Å². The second kappa shape index (κ2) is 4.99. The van der Waals surface area contributed by atoms with Crippen LogP contribution >= 0.6 is 0 Å². The summed E-state index contributed by atoms with van der Waals surface area (Å²) in [6, 6.07) is 1.64. The molecule has 0 saturated carbocycles. The zero-order valence-electron chi connectivity index (χ0n) is 11.1. The van der Waals surface area contributed by atoms with E-state index in [9.17, 15) is 9.35 Å². The van der Waals surface area contributed by atoms with Gasteiger partial charge in [-0.2, -0.15) is 0 Å². The average Bonchev–Trinajstić information content (AvgIpc) is 2.68. The highest BCUT2D eigenvalue weighted by Crippen LogP contribution is 2.36. The van der Waals surface area contributed by atoms with Crippen LogP contribution in [0, 0.1) is 0 Å². The van der Waals surface area contributed by atoms with Crippen LogP contribution in [-0.4, -0.2) is 26.8 Å². The fraction of sp³-hybridized carbons (Fsp3) is 0.500. The number of pyridine rings is 1. The smallest absolute Gasteiger partial charge is 0.289 e. The number of fused-ring (bicyclic) bond motifs is 1. The summed E-state index contributed by atoms with van der Waals surface area (Å²) >= 11 is -1.30. The Labute approximate surface area is 114 Å². The second-order valence-corrected chi connectivity index (χ2v) is 6.63. The standard InChI is InChI=1S/C12H17N3O3S/c1-4-19(17)9-5-8-7(6-12(2,3)18-8)14-10(9)11(16)15-13/h5H,4,6,13H2,1-3H3,(H,15,16). The number of carbonyl (C=O) groups excluding carboxylic acids is 1. The molecule has 1 aromatic heterocycles. The van der Waals surface area contributed by atoms with Crippen LogP contribution in [0.4, 0.5) is 0 Å². The fourth-order valence-corrected chi connectivity index (χ4v) is 2.93. The molecule has 0 aromatic carbocycles. The minimum Gasteiger partial charge on any atom is -0.611 e. The van der Waals surface area contributed by atoms with Crippen molar-refractivity contribution in [3.05, 3.63) is 17.5 Å². The van der Waals surface area contributed by atoms with E-state index in [0.717, 1.165) is 0 Å². The van der Waals surface area contributed by atoms with Gasteiger partial charge in [0.2, 0.25) is 0 Å². The topological polar surface area (TPSA) is 100 Å². The third kappa shape index (κ3) is 2.68. The lowest BCUT2D eigenvalue weighted by Gasteiger charge is -2.16. The summed E-state index contributed by atoms with van der Waals surface area (Å²) in [5.74, 6) is 5.60. The molecule has 1 aromatic rings. The van der Waals surface area contributed by atoms with E-state index < -0.39 is 17.1 Å². The molecule has 0 fully saturated rings. The largest absolute Gasteiger partial charge is 0.611 e. The zero-order valence-corrected chi connectivity index (χ0v) is 12.0. The minimum atomic E-state index is -1.30. The third-order valence-electron chi connectivity index (χ3n) is 2.86. The molecular weight excluding hydrogens is 266 g/mol. The summed E-state index contributed by atoms with van der Waals surface area (Å²) in [4.78, 5) is 16.4. The Kier molecular flexibility index (Phi) is 3.71. The van der Waals surface area contributed by atoms with E-state index in [0.29, 0.717) is 28.5 Å². The molecule has 1 unspecified atom stereocenters. The second-order valence-electron chi connectivity index (χ2n) is 4.93. The SMILES string of the molecule is CC[S+]([O-])c1cc2c(nc1C(=O)NN)CC(C)(C)O2. The van der Waals surface area contributed by atoms with Crippen molar-refractivity contribution in [3.8, 4) is 5.75 Å². The van der Waals surface area contributed by atoms with E-state index in [1.807, 2.05) is 19.3 Å². The summed E-state index contributed by atoms with van der Waals surface area (Å²) in [7, 11) is 0. The van der Waals surface area contributed by atoms with Crippen molar-refractivity contribution >= 4 is 17.1 Å². The monoisotopic (exact) mass is 283 g/mol. The summed E-state index contributed by atoms with van der Waals surface area (Å²) in [6.45, 7) is 5.65. The van der Waals surface area contributed by atoms with Gasteiger partial charge in [-0.1, -0.05) is 0 Å². The van der Waals surface area contributed by atoms with Gasteiger partial charge < -0.3 is 9.29 Å². The molecule has 1 atom stereocenters.